The summed E-state index contributed by atoms with van der Waals surface area (Å²) in [6, 6.07) is 0. The Bertz CT molecular complexity index is 259. The molecule has 0 saturated carbocycles. The fourth-order valence-electron chi connectivity index (χ4n) is 0.211. The van der Waals surface area contributed by atoms with Crippen molar-refractivity contribution >= 4 is 21.8 Å². The van der Waals surface area contributed by atoms with Gasteiger partial charge in [0, 0.05) is 0 Å². The minimum Gasteiger partial charge on any atom is -1.00 e. The zero-order chi connectivity index (χ0) is 9.99. The number of phosphoric ester groups is 2. The molecule has 0 fully saturated rings. The summed E-state index contributed by atoms with van der Waals surface area (Å²) < 4.78 is 25.9. The predicted molar refractivity (Wildman–Crippen MR) is 36.1 cm³/mol. The minimum atomic E-state index is -5.13. The van der Waals surface area contributed by atoms with E-state index in [0.29, 0.717) is 0 Å². The van der Waals surface area contributed by atoms with Gasteiger partial charge in [0.1, 0.15) is 0 Å². The molecule has 0 bridgehead atoms. The molecule has 0 aromatic carbocycles. The molecule has 0 aliphatic heterocycles. The Balaban J connectivity index is -0.0000000216. The average molecular weight is 570 g/mol. The maximum atomic E-state index is 10.0. The van der Waals surface area contributed by atoms with Gasteiger partial charge >= 0.3 is 262 Å². The Labute approximate surface area is 300 Å². The van der Waals surface area contributed by atoms with Crippen molar-refractivity contribution in [1.82, 2.24) is 0 Å². The molecular weight excluding hydrogens is 562 g/mol. The van der Waals surface area contributed by atoms with Crippen LogP contribution in [-0.2, 0) is 18.2 Å². The molecule has 0 unspecified atom stereocenters. The Morgan fingerprint density at radius 1 is 0.875 bits per heavy atom. The van der Waals surface area contributed by atoms with Crippen LogP contribution in [0.3, 0.4) is 0 Å². The Kier molecular flexibility index (Phi) is 36.0. The second-order valence-corrected chi connectivity index (χ2v) is 3.74. The first-order valence-electron chi connectivity index (χ1n) is 2.14. The average Bonchev–Trinajstić information content (AvgIpc) is 1.49. The number of rotatable bonds is 2. The van der Waals surface area contributed by atoms with Crippen LogP contribution in [0.4, 0.5) is 4.79 Å². The van der Waals surface area contributed by atoms with Crippen LogP contribution in [0.1, 0.15) is 5.71 Å². The van der Waals surface area contributed by atoms with Gasteiger partial charge in [0.15, 0.2) is 0 Å². The molecular formula is CH8Cs2K2O9P2. The largest absolute Gasteiger partial charge is 1.00 e. The van der Waals surface area contributed by atoms with Crippen LogP contribution in [-0.4, -0.2) is 25.7 Å². The van der Waals surface area contributed by atoms with Crippen LogP contribution in [0, 0.1) is 0 Å². The summed E-state index contributed by atoms with van der Waals surface area (Å²) in [5.41, 5.74) is 0. The third kappa shape index (κ3) is 29.0. The van der Waals surface area contributed by atoms with E-state index in [1.54, 1.807) is 0 Å². The van der Waals surface area contributed by atoms with Crippen molar-refractivity contribution in [1.29, 1.82) is 0 Å². The van der Waals surface area contributed by atoms with Gasteiger partial charge in [-0.1, -0.05) is 0 Å². The molecule has 0 rings (SSSR count). The van der Waals surface area contributed by atoms with Crippen molar-refractivity contribution < 1.29 is 289 Å². The summed E-state index contributed by atoms with van der Waals surface area (Å²) in [5, 5.41) is 0. The molecule has 0 aliphatic rings. The summed E-state index contributed by atoms with van der Waals surface area (Å²) in [4.78, 5) is 41.7. The van der Waals surface area contributed by atoms with Crippen LogP contribution in [0.2, 0.25) is 0 Å². The molecule has 0 aromatic heterocycles. The standard InChI is InChI=1S/CH4O9P2.2Cs.2K.4H/c2-1(9-11(3,4)5)10-12(6,7)8;;;;;;;;/h(H2,3,4,5)(H2,6,7,8);;;;;;;;/q;4*+1;4*-1. The second kappa shape index (κ2) is 16.8. The van der Waals surface area contributed by atoms with E-state index in [1.165, 1.54) is 0 Å². The maximum absolute atomic E-state index is 10.0. The van der Waals surface area contributed by atoms with Gasteiger partial charge in [0.2, 0.25) is 0 Å². The van der Waals surface area contributed by atoms with Crippen LogP contribution in [0.5, 0.6) is 0 Å². The van der Waals surface area contributed by atoms with Gasteiger partial charge in [0.25, 0.3) is 0 Å². The Morgan fingerprint density at radius 2 is 1.06 bits per heavy atom. The molecule has 0 amide bonds. The van der Waals surface area contributed by atoms with Gasteiger partial charge in [-0.2, -0.15) is 0 Å². The van der Waals surface area contributed by atoms with Crippen molar-refractivity contribution in [2.24, 2.45) is 0 Å². The SMILES string of the molecule is O=C(OP(=O)(O)O)OP(=O)(O)O.[Cs+].[Cs+].[H-].[H-].[H-].[H-].[K+].[K+]. The van der Waals surface area contributed by atoms with E-state index in [9.17, 15) is 13.9 Å². The van der Waals surface area contributed by atoms with E-state index in [0.717, 1.165) is 0 Å². The molecule has 0 saturated heterocycles. The van der Waals surface area contributed by atoms with E-state index >= 15 is 0 Å². The molecule has 0 atom stereocenters. The molecule has 4 N–H and O–H groups in total. The smallest absolute Gasteiger partial charge is 1.00 e. The van der Waals surface area contributed by atoms with Crippen molar-refractivity contribution in [3.05, 3.63) is 0 Å². The van der Waals surface area contributed by atoms with Crippen molar-refractivity contribution in [3.63, 3.8) is 0 Å². The number of carbonyl (C=O) groups is 1. The first kappa shape index (κ1) is 34.3. The zero-order valence-corrected chi connectivity index (χ0v) is 29.8. The van der Waals surface area contributed by atoms with Crippen molar-refractivity contribution in [2.45, 2.75) is 0 Å². The third-order valence-electron chi connectivity index (χ3n) is 0.387. The first-order chi connectivity index (χ1) is 5.10. The van der Waals surface area contributed by atoms with Crippen LogP contribution in [0.15, 0.2) is 0 Å². The third-order valence-corrected chi connectivity index (χ3v) is 1.16. The van der Waals surface area contributed by atoms with Gasteiger partial charge in [-0.3, -0.25) is 19.6 Å². The van der Waals surface area contributed by atoms with Crippen LogP contribution in [0.25, 0.3) is 0 Å². The molecule has 9 nitrogen and oxygen atoms in total. The summed E-state index contributed by atoms with van der Waals surface area (Å²) in [6.07, 6.45) is -2.14. The van der Waals surface area contributed by atoms with Gasteiger partial charge in [-0.25, -0.2) is 13.9 Å². The van der Waals surface area contributed by atoms with E-state index < -0.39 is 21.8 Å². The summed E-state index contributed by atoms with van der Waals surface area (Å²) in [6.45, 7) is 0. The van der Waals surface area contributed by atoms with Gasteiger partial charge in [0.05, 0.1) is 0 Å². The molecule has 0 aromatic rings. The van der Waals surface area contributed by atoms with Crippen molar-refractivity contribution in [3.8, 4) is 0 Å². The number of hydrogen-bond acceptors (Lipinski definition) is 5. The Hall–Kier alpha value is 6.95. The van der Waals surface area contributed by atoms with Gasteiger partial charge in [-0.05, 0) is 0 Å². The van der Waals surface area contributed by atoms with E-state index in [2.05, 4.69) is 9.05 Å². The zero-order valence-electron chi connectivity index (χ0n) is 13.2. The quantitative estimate of drug-likeness (QED) is 0.188. The molecule has 0 heterocycles. The molecule has 16 heavy (non-hydrogen) atoms. The first-order valence-corrected chi connectivity index (χ1v) is 5.20. The summed E-state index contributed by atoms with van der Waals surface area (Å²) in [5.74, 6) is 0. The van der Waals surface area contributed by atoms with Gasteiger partial charge in [-0.15, -0.1) is 0 Å². The van der Waals surface area contributed by atoms with Gasteiger partial charge < -0.3 is 14.8 Å². The fourth-order valence-corrected chi connectivity index (χ4v) is 0.733. The van der Waals surface area contributed by atoms with Crippen molar-refractivity contribution in [2.75, 3.05) is 0 Å². The number of phosphoric acid groups is 2. The molecule has 80 valence electrons. The topological polar surface area (TPSA) is 151 Å². The van der Waals surface area contributed by atoms with E-state index in [1.807, 2.05) is 0 Å². The molecule has 15 heteroatoms. The van der Waals surface area contributed by atoms with Crippen LogP contribution < -0.4 is 241 Å². The second-order valence-electron chi connectivity index (χ2n) is 1.41. The monoisotopic (exact) mass is 570 g/mol. The van der Waals surface area contributed by atoms with E-state index in [-0.39, 0.29) is 246 Å². The number of hydrogen-bond donors (Lipinski definition) is 4. The summed E-state index contributed by atoms with van der Waals surface area (Å²) >= 11 is 0. The molecule has 0 aliphatic carbocycles. The minimum absolute atomic E-state index is 0. The van der Waals surface area contributed by atoms with Crippen LogP contribution >= 0.6 is 15.6 Å². The maximum Gasteiger partial charge on any atom is 1.00 e. The predicted octanol–water partition coefficient (Wildman–Crippen LogP) is -12.2. The fraction of sp³-hybridized carbons (Fsp3) is 0. The molecule has 0 spiro atoms. The van der Waals surface area contributed by atoms with E-state index in [4.69, 9.17) is 19.6 Å². The number of carbonyl (C=O) groups excluding carboxylic acids is 1. The Morgan fingerprint density at radius 3 is 1.19 bits per heavy atom. The summed E-state index contributed by atoms with van der Waals surface area (Å²) in [7, 11) is -10.3. The molecule has 0 radical (unpaired) electrons. The normalized spacial score (nSPS) is 9.25.